The van der Waals surface area contributed by atoms with Crippen LogP contribution in [-0.4, -0.2) is 13.4 Å². The van der Waals surface area contributed by atoms with Crippen LogP contribution in [0.1, 0.15) is 0 Å². The molecular formula is C19H12Cl2N2O2S2. The molecule has 0 fully saturated rings. The van der Waals surface area contributed by atoms with E-state index in [-0.39, 0.29) is 4.21 Å². The van der Waals surface area contributed by atoms with E-state index >= 15 is 0 Å². The van der Waals surface area contributed by atoms with Gasteiger partial charge in [0.2, 0.25) is 0 Å². The van der Waals surface area contributed by atoms with Crippen molar-refractivity contribution >= 4 is 60.5 Å². The number of sulfonamides is 1. The maximum Gasteiger partial charge on any atom is 0.272 e. The molecule has 0 unspecified atom stereocenters. The van der Waals surface area contributed by atoms with Gasteiger partial charge < -0.3 is 0 Å². The molecule has 4 nitrogen and oxygen atoms in total. The zero-order chi connectivity index (χ0) is 19.0. The van der Waals surface area contributed by atoms with E-state index in [9.17, 15) is 8.42 Å². The Morgan fingerprint density at radius 3 is 2.19 bits per heavy atom. The van der Waals surface area contributed by atoms with Gasteiger partial charge in [-0.05, 0) is 54.1 Å². The summed E-state index contributed by atoms with van der Waals surface area (Å²) in [5.41, 5.74) is 1.81. The number of thiophene rings is 1. The molecule has 2 aromatic carbocycles. The quantitative estimate of drug-likeness (QED) is 0.423. The van der Waals surface area contributed by atoms with E-state index in [1.165, 1.54) is 0 Å². The zero-order valence-electron chi connectivity index (χ0n) is 13.7. The van der Waals surface area contributed by atoms with Crippen molar-refractivity contribution in [1.82, 2.24) is 4.98 Å². The van der Waals surface area contributed by atoms with Crippen molar-refractivity contribution in [2.75, 3.05) is 4.72 Å². The van der Waals surface area contributed by atoms with Gasteiger partial charge in [0.1, 0.15) is 4.83 Å². The number of fused-ring (bicyclic) bond motifs is 1. The molecule has 0 amide bonds. The molecule has 0 atom stereocenters. The summed E-state index contributed by atoms with van der Waals surface area (Å²) in [5.74, 6) is 0. The molecule has 136 valence electrons. The Kier molecular flexibility index (Phi) is 4.82. The lowest BCUT2D eigenvalue weighted by Crippen LogP contribution is -2.12. The lowest BCUT2D eigenvalue weighted by Gasteiger charge is -2.09. The number of nitrogens with zero attached hydrogens (tertiary/aromatic N) is 1. The van der Waals surface area contributed by atoms with Crippen LogP contribution in [0.15, 0.2) is 71.1 Å². The van der Waals surface area contributed by atoms with Gasteiger partial charge in [-0.3, -0.25) is 4.72 Å². The largest absolute Gasteiger partial charge is 0.279 e. The van der Waals surface area contributed by atoms with Crippen LogP contribution in [-0.2, 0) is 10.0 Å². The third-order valence-electron chi connectivity index (χ3n) is 3.91. The number of hydrogen-bond acceptors (Lipinski definition) is 4. The first-order valence-corrected chi connectivity index (χ1v) is 10.9. The Bertz CT molecular complexity index is 1220. The molecule has 2 aromatic heterocycles. The highest BCUT2D eigenvalue weighted by atomic mass is 35.5. The standard InChI is InChI=1S/C19H12Cl2N2O2S2/c20-13-5-3-12(4-6-13)17-16-2-1-11-22-18(16)26-19(17)27(24,25)23-15-9-7-14(21)8-10-15/h1-11,23H. The highest BCUT2D eigenvalue weighted by Crippen LogP contribution is 2.41. The summed E-state index contributed by atoms with van der Waals surface area (Å²) in [6, 6.07) is 17.2. The Morgan fingerprint density at radius 1 is 0.889 bits per heavy atom. The van der Waals surface area contributed by atoms with Crippen molar-refractivity contribution in [3.05, 3.63) is 76.9 Å². The van der Waals surface area contributed by atoms with Gasteiger partial charge in [0, 0.05) is 32.9 Å². The zero-order valence-corrected chi connectivity index (χ0v) is 16.8. The third-order valence-corrected chi connectivity index (χ3v) is 7.42. The van der Waals surface area contributed by atoms with Gasteiger partial charge in [-0.25, -0.2) is 13.4 Å². The van der Waals surface area contributed by atoms with Crippen molar-refractivity contribution in [3.63, 3.8) is 0 Å². The smallest absolute Gasteiger partial charge is 0.272 e. The fraction of sp³-hybridized carbons (Fsp3) is 0. The fourth-order valence-electron chi connectivity index (χ4n) is 2.71. The first-order valence-electron chi connectivity index (χ1n) is 7.86. The van der Waals surface area contributed by atoms with Gasteiger partial charge in [-0.15, -0.1) is 11.3 Å². The Morgan fingerprint density at radius 2 is 1.52 bits per heavy atom. The topological polar surface area (TPSA) is 59.1 Å². The molecule has 0 saturated heterocycles. The molecule has 27 heavy (non-hydrogen) atoms. The first kappa shape index (κ1) is 18.3. The van der Waals surface area contributed by atoms with E-state index in [0.29, 0.717) is 26.1 Å². The van der Waals surface area contributed by atoms with E-state index in [2.05, 4.69) is 9.71 Å². The summed E-state index contributed by atoms with van der Waals surface area (Å²) in [6.07, 6.45) is 1.65. The molecule has 4 aromatic rings. The molecule has 1 N–H and O–H groups in total. The Labute approximate surface area is 170 Å². The van der Waals surface area contributed by atoms with E-state index in [0.717, 1.165) is 22.3 Å². The minimum atomic E-state index is -3.82. The molecule has 0 aliphatic rings. The van der Waals surface area contributed by atoms with Crippen LogP contribution >= 0.6 is 34.5 Å². The minimum absolute atomic E-state index is 0.202. The number of nitrogens with one attached hydrogen (secondary N) is 1. The SMILES string of the molecule is O=S(=O)(Nc1ccc(Cl)cc1)c1sc2ncccc2c1-c1ccc(Cl)cc1. The van der Waals surface area contributed by atoms with E-state index in [1.807, 2.05) is 6.07 Å². The molecule has 0 saturated carbocycles. The molecule has 0 aliphatic carbocycles. The summed E-state index contributed by atoms with van der Waals surface area (Å²) >= 11 is 13.0. The summed E-state index contributed by atoms with van der Waals surface area (Å²) in [7, 11) is -3.82. The molecular weight excluding hydrogens is 423 g/mol. The van der Waals surface area contributed by atoms with Gasteiger partial charge in [-0.2, -0.15) is 0 Å². The number of aromatic nitrogens is 1. The van der Waals surface area contributed by atoms with Crippen molar-refractivity contribution in [2.45, 2.75) is 4.21 Å². The van der Waals surface area contributed by atoms with Gasteiger partial charge in [-0.1, -0.05) is 35.3 Å². The van der Waals surface area contributed by atoms with Gasteiger partial charge in [0.25, 0.3) is 10.0 Å². The van der Waals surface area contributed by atoms with Gasteiger partial charge >= 0.3 is 0 Å². The van der Waals surface area contributed by atoms with Crippen molar-refractivity contribution in [3.8, 4) is 11.1 Å². The van der Waals surface area contributed by atoms with Crippen molar-refractivity contribution in [2.24, 2.45) is 0 Å². The lowest BCUT2D eigenvalue weighted by atomic mass is 10.1. The maximum absolute atomic E-state index is 13.1. The molecule has 0 aliphatic heterocycles. The van der Waals surface area contributed by atoms with E-state index in [4.69, 9.17) is 23.2 Å². The van der Waals surface area contributed by atoms with Gasteiger partial charge in [0.05, 0.1) is 0 Å². The molecule has 8 heteroatoms. The average Bonchev–Trinajstić information content (AvgIpc) is 3.05. The predicted octanol–water partition coefficient (Wildman–Crippen LogP) is 6.07. The second kappa shape index (κ2) is 7.13. The average molecular weight is 435 g/mol. The van der Waals surface area contributed by atoms with E-state index < -0.39 is 10.0 Å². The van der Waals surface area contributed by atoms with Crippen LogP contribution in [0.2, 0.25) is 10.0 Å². The van der Waals surface area contributed by atoms with Crippen molar-refractivity contribution < 1.29 is 8.42 Å². The number of anilines is 1. The van der Waals surface area contributed by atoms with Gasteiger partial charge in [0.15, 0.2) is 4.21 Å². The fourth-order valence-corrected chi connectivity index (χ4v) is 5.70. The summed E-state index contributed by atoms with van der Waals surface area (Å²) in [4.78, 5) is 4.97. The number of halogens is 2. The molecule has 4 rings (SSSR count). The van der Waals surface area contributed by atoms with Crippen LogP contribution < -0.4 is 4.72 Å². The van der Waals surface area contributed by atoms with Crippen LogP contribution in [0.4, 0.5) is 5.69 Å². The number of benzene rings is 2. The first-order chi connectivity index (χ1) is 12.9. The van der Waals surface area contributed by atoms with E-state index in [1.54, 1.807) is 60.8 Å². The van der Waals surface area contributed by atoms with Crippen molar-refractivity contribution in [1.29, 1.82) is 0 Å². The second-order valence-electron chi connectivity index (χ2n) is 5.74. The molecule has 2 heterocycles. The number of pyridine rings is 1. The highest BCUT2D eigenvalue weighted by molar-refractivity contribution is 7.95. The molecule has 0 radical (unpaired) electrons. The maximum atomic E-state index is 13.1. The summed E-state index contributed by atoms with van der Waals surface area (Å²) in [5, 5.41) is 1.90. The highest BCUT2D eigenvalue weighted by Gasteiger charge is 2.25. The Hall–Kier alpha value is -2.12. The summed E-state index contributed by atoms with van der Waals surface area (Å²) in [6.45, 7) is 0. The van der Waals surface area contributed by atoms with Crippen LogP contribution in [0.25, 0.3) is 21.3 Å². The number of hydrogen-bond donors (Lipinski definition) is 1. The normalized spacial score (nSPS) is 11.6. The second-order valence-corrected chi connectivity index (χ2v) is 9.49. The van der Waals surface area contributed by atoms with Crippen LogP contribution in [0.5, 0.6) is 0 Å². The predicted molar refractivity (Wildman–Crippen MR) is 112 cm³/mol. The third kappa shape index (κ3) is 3.66. The monoisotopic (exact) mass is 434 g/mol. The minimum Gasteiger partial charge on any atom is -0.279 e. The van der Waals surface area contributed by atoms with Crippen LogP contribution in [0.3, 0.4) is 0 Å². The lowest BCUT2D eigenvalue weighted by molar-refractivity contribution is 0.603. The Balaban J connectivity index is 1.89. The molecule has 0 bridgehead atoms. The number of rotatable bonds is 4. The van der Waals surface area contributed by atoms with Crippen LogP contribution in [0, 0.1) is 0 Å². The summed E-state index contributed by atoms with van der Waals surface area (Å²) < 4.78 is 29.1. The molecule has 0 spiro atoms.